The van der Waals surface area contributed by atoms with Crippen molar-refractivity contribution in [1.82, 2.24) is 4.98 Å². The number of fused-ring (bicyclic) bond motifs is 1. The van der Waals surface area contributed by atoms with Crippen molar-refractivity contribution in [3.05, 3.63) is 26.6 Å². The van der Waals surface area contributed by atoms with Crippen LogP contribution in [0.5, 0.6) is 0 Å². The van der Waals surface area contributed by atoms with Crippen LogP contribution in [0.15, 0.2) is 21.1 Å². The summed E-state index contributed by atoms with van der Waals surface area (Å²) in [6.07, 6.45) is 0. The van der Waals surface area contributed by atoms with Gasteiger partial charge in [0.15, 0.2) is 0 Å². The maximum absolute atomic E-state index is 11.8. The Balaban J connectivity index is 2.66. The van der Waals surface area contributed by atoms with Crippen LogP contribution in [-0.4, -0.2) is 17.6 Å². The number of hydrogen-bond acceptors (Lipinski definition) is 3. The van der Waals surface area contributed by atoms with Gasteiger partial charge in [-0.05, 0) is 50.9 Å². The van der Waals surface area contributed by atoms with Crippen LogP contribution in [0.2, 0.25) is 0 Å². The lowest BCUT2D eigenvalue weighted by molar-refractivity contribution is 0.0530. The summed E-state index contributed by atoms with van der Waals surface area (Å²) in [6.45, 7) is 2.08. The Morgan fingerprint density at radius 1 is 1.41 bits per heavy atom. The van der Waals surface area contributed by atoms with Crippen molar-refractivity contribution < 1.29 is 9.53 Å². The number of hydrogen-bond donors (Lipinski definition) is 2. The van der Waals surface area contributed by atoms with Gasteiger partial charge in [0.2, 0.25) is 0 Å². The molecule has 0 atom stereocenters. The molecule has 2 rings (SSSR count). The van der Waals surface area contributed by atoms with E-state index in [4.69, 9.17) is 10.5 Å². The summed E-state index contributed by atoms with van der Waals surface area (Å²) >= 11 is 6.79. The number of esters is 1. The smallest absolute Gasteiger partial charge is 0.342 e. The van der Waals surface area contributed by atoms with E-state index >= 15 is 0 Å². The molecular formula is C11H10Br2N2O2. The van der Waals surface area contributed by atoms with E-state index in [-0.39, 0.29) is 0 Å². The van der Waals surface area contributed by atoms with Crippen LogP contribution < -0.4 is 5.73 Å². The zero-order chi connectivity index (χ0) is 12.6. The average molecular weight is 362 g/mol. The first kappa shape index (κ1) is 12.4. The first-order valence-corrected chi connectivity index (χ1v) is 6.56. The van der Waals surface area contributed by atoms with E-state index in [0.717, 1.165) is 19.8 Å². The summed E-state index contributed by atoms with van der Waals surface area (Å²) in [4.78, 5) is 14.7. The third-order valence-electron chi connectivity index (χ3n) is 2.35. The number of rotatable bonds is 2. The molecule has 1 heterocycles. The number of H-pyrrole nitrogens is 1. The van der Waals surface area contributed by atoms with E-state index < -0.39 is 5.97 Å². The highest BCUT2D eigenvalue weighted by Gasteiger charge is 2.18. The number of nitrogens with two attached hydrogens (primary N) is 1. The highest BCUT2D eigenvalue weighted by molar-refractivity contribution is 9.13. The minimum absolute atomic E-state index is 0.322. The molecule has 0 radical (unpaired) electrons. The van der Waals surface area contributed by atoms with Crippen LogP contribution in [0.1, 0.15) is 17.3 Å². The first-order chi connectivity index (χ1) is 8.04. The second-order valence-electron chi connectivity index (χ2n) is 3.45. The molecule has 0 amide bonds. The predicted octanol–water partition coefficient (Wildman–Crippen LogP) is 3.45. The molecule has 2 aromatic rings. The summed E-state index contributed by atoms with van der Waals surface area (Å²) < 4.78 is 6.73. The van der Waals surface area contributed by atoms with E-state index in [1.807, 2.05) is 12.1 Å². The van der Waals surface area contributed by atoms with Crippen LogP contribution in [0.3, 0.4) is 0 Å². The summed E-state index contributed by atoms with van der Waals surface area (Å²) in [5.74, 6) is -0.0890. The number of aromatic nitrogens is 1. The quantitative estimate of drug-likeness (QED) is 0.805. The summed E-state index contributed by atoms with van der Waals surface area (Å²) in [6, 6.07) is 3.69. The molecule has 90 valence electrons. The van der Waals surface area contributed by atoms with E-state index in [2.05, 4.69) is 36.8 Å². The minimum atomic E-state index is -0.412. The molecular weight excluding hydrogens is 352 g/mol. The lowest BCUT2D eigenvalue weighted by Crippen LogP contribution is -2.06. The largest absolute Gasteiger partial charge is 0.462 e. The standard InChI is InChI=1S/C11H10Br2N2O2/c1-2-17-11(16)9-5-3-6(12)7(13)4-8(5)15-10(9)14/h3-4,15H,2,14H2,1H3. The lowest BCUT2D eigenvalue weighted by Gasteiger charge is -2.02. The maximum atomic E-state index is 11.8. The molecule has 0 unspecified atom stereocenters. The molecule has 4 nitrogen and oxygen atoms in total. The number of carbonyl (C=O) groups excluding carboxylic acids is 1. The Bertz CT molecular complexity index is 593. The van der Waals surface area contributed by atoms with E-state index in [0.29, 0.717) is 18.0 Å². The fourth-order valence-corrected chi connectivity index (χ4v) is 2.32. The number of nitrogen functional groups attached to an aromatic ring is 1. The summed E-state index contributed by atoms with van der Waals surface area (Å²) in [5.41, 5.74) is 6.97. The number of aromatic amines is 1. The highest BCUT2D eigenvalue weighted by atomic mass is 79.9. The van der Waals surface area contributed by atoms with Gasteiger partial charge in [0.05, 0.1) is 6.61 Å². The van der Waals surface area contributed by atoms with Gasteiger partial charge in [-0.25, -0.2) is 4.79 Å². The number of anilines is 1. The second kappa shape index (κ2) is 4.70. The van der Waals surface area contributed by atoms with E-state index in [1.165, 1.54) is 0 Å². The Labute approximate surface area is 115 Å². The number of ether oxygens (including phenoxy) is 1. The van der Waals surface area contributed by atoms with Crippen LogP contribution in [0.4, 0.5) is 5.82 Å². The number of benzene rings is 1. The van der Waals surface area contributed by atoms with Crippen molar-refractivity contribution in [2.75, 3.05) is 12.3 Å². The van der Waals surface area contributed by atoms with Crippen molar-refractivity contribution in [3.63, 3.8) is 0 Å². The Hall–Kier alpha value is -1.01. The van der Waals surface area contributed by atoms with Crippen LogP contribution in [-0.2, 0) is 4.74 Å². The van der Waals surface area contributed by atoms with Crippen molar-refractivity contribution in [1.29, 1.82) is 0 Å². The normalized spacial score (nSPS) is 10.8. The van der Waals surface area contributed by atoms with Gasteiger partial charge in [-0.2, -0.15) is 0 Å². The van der Waals surface area contributed by atoms with Gasteiger partial charge in [0, 0.05) is 19.8 Å². The molecule has 0 saturated carbocycles. The first-order valence-electron chi connectivity index (χ1n) is 4.98. The molecule has 0 fully saturated rings. The van der Waals surface area contributed by atoms with Gasteiger partial charge in [-0.3, -0.25) is 0 Å². The Morgan fingerprint density at radius 2 is 2.06 bits per heavy atom. The maximum Gasteiger partial charge on any atom is 0.342 e. The van der Waals surface area contributed by atoms with Crippen LogP contribution in [0, 0.1) is 0 Å². The van der Waals surface area contributed by atoms with Gasteiger partial charge >= 0.3 is 5.97 Å². The fraction of sp³-hybridized carbons (Fsp3) is 0.182. The third-order valence-corrected chi connectivity index (χ3v) is 4.19. The fourth-order valence-electron chi connectivity index (χ4n) is 1.63. The van der Waals surface area contributed by atoms with Gasteiger partial charge in [-0.15, -0.1) is 0 Å². The SMILES string of the molecule is CCOC(=O)c1c(N)[nH]c2cc(Br)c(Br)cc12. The van der Waals surface area contributed by atoms with E-state index in [9.17, 15) is 4.79 Å². The van der Waals surface area contributed by atoms with Crippen molar-refractivity contribution in [2.45, 2.75) is 6.92 Å². The molecule has 0 bridgehead atoms. The molecule has 0 aliphatic rings. The molecule has 1 aromatic carbocycles. The highest BCUT2D eigenvalue weighted by Crippen LogP contribution is 2.32. The molecule has 0 saturated heterocycles. The summed E-state index contributed by atoms with van der Waals surface area (Å²) in [5, 5.41) is 0.746. The number of nitrogens with one attached hydrogen (secondary N) is 1. The van der Waals surface area contributed by atoms with Gasteiger partial charge in [0.25, 0.3) is 0 Å². The molecule has 6 heteroatoms. The second-order valence-corrected chi connectivity index (χ2v) is 5.15. The average Bonchev–Trinajstić information content (AvgIpc) is 2.55. The van der Waals surface area contributed by atoms with Crippen molar-refractivity contribution in [3.8, 4) is 0 Å². The Morgan fingerprint density at radius 3 is 2.71 bits per heavy atom. The summed E-state index contributed by atoms with van der Waals surface area (Å²) in [7, 11) is 0. The molecule has 1 aromatic heterocycles. The van der Waals surface area contributed by atoms with Gasteiger partial charge < -0.3 is 15.5 Å². The number of carbonyl (C=O) groups is 1. The number of halogens is 2. The van der Waals surface area contributed by atoms with Gasteiger partial charge in [-0.1, -0.05) is 0 Å². The monoisotopic (exact) mass is 360 g/mol. The molecule has 0 spiro atoms. The third kappa shape index (κ3) is 2.19. The predicted molar refractivity (Wildman–Crippen MR) is 74.1 cm³/mol. The van der Waals surface area contributed by atoms with Crippen molar-refractivity contribution >= 4 is 54.5 Å². The molecule has 3 N–H and O–H groups in total. The molecule has 0 aliphatic heterocycles. The Kier molecular flexibility index (Phi) is 3.44. The zero-order valence-corrected chi connectivity index (χ0v) is 12.2. The molecule has 0 aliphatic carbocycles. The van der Waals surface area contributed by atoms with Crippen LogP contribution in [0.25, 0.3) is 10.9 Å². The molecule has 17 heavy (non-hydrogen) atoms. The minimum Gasteiger partial charge on any atom is -0.462 e. The lowest BCUT2D eigenvalue weighted by atomic mass is 10.1. The van der Waals surface area contributed by atoms with Crippen molar-refractivity contribution in [2.24, 2.45) is 0 Å². The van der Waals surface area contributed by atoms with E-state index in [1.54, 1.807) is 6.92 Å². The van der Waals surface area contributed by atoms with Crippen LogP contribution >= 0.6 is 31.9 Å². The van der Waals surface area contributed by atoms with Gasteiger partial charge in [0.1, 0.15) is 11.4 Å². The zero-order valence-electron chi connectivity index (χ0n) is 9.01. The topological polar surface area (TPSA) is 68.1 Å².